The highest BCUT2D eigenvalue weighted by atomic mass is 19.1. The van der Waals surface area contributed by atoms with Crippen LogP contribution in [-0.4, -0.2) is 66.8 Å². The molecule has 0 radical (unpaired) electrons. The smallest absolute Gasteiger partial charge is 0.258 e. The van der Waals surface area contributed by atoms with Crippen LogP contribution in [0.15, 0.2) is 42.5 Å². The molecule has 7 nitrogen and oxygen atoms in total. The van der Waals surface area contributed by atoms with E-state index in [-0.39, 0.29) is 23.3 Å². The van der Waals surface area contributed by atoms with Crippen LogP contribution in [0.1, 0.15) is 46.4 Å². The number of halogens is 1. The van der Waals surface area contributed by atoms with Gasteiger partial charge < -0.3 is 20.0 Å². The van der Waals surface area contributed by atoms with Crippen molar-refractivity contribution in [2.24, 2.45) is 5.92 Å². The summed E-state index contributed by atoms with van der Waals surface area (Å²) >= 11 is 0. The standard InChI is InChI=1S/C26H29FN4O3/c27-22-6-2-1-5-20(22)24(32)28-19-9-10-23(21(17-19)26(34)30-11-3-4-12-30)29-13-15-31(16-14-29)25(33)18-7-8-18/h1-2,5-6,9-10,17-18H,3-4,7-8,11-16H2,(H,28,32). The molecule has 2 heterocycles. The van der Waals surface area contributed by atoms with Crippen LogP contribution in [0.5, 0.6) is 0 Å². The average Bonchev–Trinajstić information content (AvgIpc) is 3.57. The van der Waals surface area contributed by atoms with Gasteiger partial charge in [-0.15, -0.1) is 0 Å². The summed E-state index contributed by atoms with van der Waals surface area (Å²) in [6.45, 7) is 4.01. The van der Waals surface area contributed by atoms with Crippen molar-refractivity contribution in [3.8, 4) is 0 Å². The van der Waals surface area contributed by atoms with E-state index >= 15 is 0 Å². The quantitative estimate of drug-likeness (QED) is 0.737. The maximum atomic E-state index is 14.0. The number of rotatable bonds is 5. The van der Waals surface area contributed by atoms with Gasteiger partial charge in [-0.3, -0.25) is 14.4 Å². The molecule has 34 heavy (non-hydrogen) atoms. The molecule has 2 aliphatic heterocycles. The topological polar surface area (TPSA) is 73.0 Å². The van der Waals surface area contributed by atoms with E-state index in [1.807, 2.05) is 15.9 Å². The Balaban J connectivity index is 1.37. The van der Waals surface area contributed by atoms with E-state index in [0.29, 0.717) is 50.5 Å². The fourth-order valence-electron chi connectivity index (χ4n) is 4.75. The lowest BCUT2D eigenvalue weighted by Gasteiger charge is -2.37. The highest BCUT2D eigenvalue weighted by molar-refractivity contribution is 6.06. The van der Waals surface area contributed by atoms with Crippen LogP contribution in [0.2, 0.25) is 0 Å². The summed E-state index contributed by atoms with van der Waals surface area (Å²) in [5, 5.41) is 2.74. The van der Waals surface area contributed by atoms with Gasteiger partial charge in [-0.05, 0) is 56.0 Å². The zero-order valence-electron chi connectivity index (χ0n) is 19.1. The average molecular weight is 465 g/mol. The second-order valence-electron chi connectivity index (χ2n) is 9.25. The lowest BCUT2D eigenvalue weighted by atomic mass is 10.1. The third-order valence-corrected chi connectivity index (χ3v) is 6.86. The Morgan fingerprint density at radius 2 is 1.53 bits per heavy atom. The summed E-state index contributed by atoms with van der Waals surface area (Å²) in [6, 6.07) is 11.1. The minimum absolute atomic E-state index is 0.0459. The summed E-state index contributed by atoms with van der Waals surface area (Å²) in [7, 11) is 0. The Morgan fingerprint density at radius 1 is 0.824 bits per heavy atom. The van der Waals surface area contributed by atoms with Gasteiger partial charge in [0.25, 0.3) is 11.8 Å². The molecule has 1 aliphatic carbocycles. The molecule has 0 bridgehead atoms. The Morgan fingerprint density at radius 3 is 2.21 bits per heavy atom. The second-order valence-corrected chi connectivity index (χ2v) is 9.25. The SMILES string of the molecule is O=C(Nc1ccc(N2CCN(C(=O)C3CC3)CC2)c(C(=O)N2CCCC2)c1)c1ccccc1F. The zero-order valence-corrected chi connectivity index (χ0v) is 19.1. The third kappa shape index (κ3) is 4.62. The molecule has 3 amide bonds. The summed E-state index contributed by atoms with van der Waals surface area (Å²) < 4.78 is 14.0. The molecule has 2 saturated heterocycles. The normalized spacial score (nSPS) is 18.2. The van der Waals surface area contributed by atoms with E-state index in [4.69, 9.17) is 0 Å². The van der Waals surface area contributed by atoms with Gasteiger partial charge in [0.2, 0.25) is 5.91 Å². The van der Waals surface area contributed by atoms with Gasteiger partial charge in [0.05, 0.1) is 11.1 Å². The predicted octanol–water partition coefficient (Wildman–Crippen LogP) is 3.37. The Kier molecular flexibility index (Phi) is 6.22. The molecular formula is C26H29FN4O3. The van der Waals surface area contributed by atoms with Crippen molar-refractivity contribution in [3.05, 3.63) is 59.4 Å². The van der Waals surface area contributed by atoms with Crippen molar-refractivity contribution in [2.75, 3.05) is 49.5 Å². The fraction of sp³-hybridized carbons (Fsp3) is 0.423. The molecular weight excluding hydrogens is 435 g/mol. The van der Waals surface area contributed by atoms with Crippen LogP contribution < -0.4 is 10.2 Å². The van der Waals surface area contributed by atoms with E-state index in [2.05, 4.69) is 10.2 Å². The molecule has 178 valence electrons. The highest BCUT2D eigenvalue weighted by Gasteiger charge is 2.35. The number of hydrogen-bond donors (Lipinski definition) is 1. The first-order valence-corrected chi connectivity index (χ1v) is 12.0. The lowest BCUT2D eigenvalue weighted by molar-refractivity contribution is -0.132. The molecule has 2 aromatic rings. The van der Waals surface area contributed by atoms with Gasteiger partial charge >= 0.3 is 0 Å². The number of nitrogens with zero attached hydrogens (tertiary/aromatic N) is 3. The minimum atomic E-state index is -0.594. The van der Waals surface area contributed by atoms with Gasteiger partial charge in [0.1, 0.15) is 5.82 Å². The maximum absolute atomic E-state index is 14.0. The molecule has 2 aromatic carbocycles. The summed E-state index contributed by atoms with van der Waals surface area (Å²) in [5.74, 6) is -0.761. The number of benzene rings is 2. The first-order valence-electron chi connectivity index (χ1n) is 12.0. The number of hydrogen-bond acceptors (Lipinski definition) is 4. The molecule has 3 aliphatic rings. The fourth-order valence-corrected chi connectivity index (χ4v) is 4.75. The highest BCUT2D eigenvalue weighted by Crippen LogP contribution is 2.32. The second kappa shape index (κ2) is 9.44. The molecule has 8 heteroatoms. The number of amides is 3. The molecule has 1 saturated carbocycles. The number of nitrogens with one attached hydrogen (secondary N) is 1. The number of carbonyl (C=O) groups excluding carboxylic acids is 3. The van der Waals surface area contributed by atoms with E-state index in [1.165, 1.54) is 18.2 Å². The van der Waals surface area contributed by atoms with E-state index in [1.54, 1.807) is 18.2 Å². The molecule has 5 rings (SSSR count). The molecule has 0 atom stereocenters. The van der Waals surface area contributed by atoms with Crippen LogP contribution in [0.3, 0.4) is 0 Å². The summed E-state index contributed by atoms with van der Waals surface area (Å²) in [5.41, 5.74) is 1.73. The van der Waals surface area contributed by atoms with Crippen molar-refractivity contribution in [2.45, 2.75) is 25.7 Å². The summed E-state index contributed by atoms with van der Waals surface area (Å²) in [6.07, 6.45) is 3.95. The number of carbonyl (C=O) groups is 3. The van der Waals surface area contributed by atoms with Crippen molar-refractivity contribution in [1.29, 1.82) is 0 Å². The number of anilines is 2. The first-order chi connectivity index (χ1) is 16.5. The van der Waals surface area contributed by atoms with Gasteiger partial charge in [-0.2, -0.15) is 0 Å². The zero-order chi connectivity index (χ0) is 23.7. The van der Waals surface area contributed by atoms with Gasteiger partial charge in [-0.1, -0.05) is 12.1 Å². The maximum Gasteiger partial charge on any atom is 0.258 e. The molecule has 0 unspecified atom stereocenters. The predicted molar refractivity (Wildman–Crippen MR) is 127 cm³/mol. The van der Waals surface area contributed by atoms with Crippen LogP contribution in [0, 0.1) is 11.7 Å². The van der Waals surface area contributed by atoms with Gasteiger partial charge in [-0.25, -0.2) is 4.39 Å². The monoisotopic (exact) mass is 464 g/mol. The summed E-state index contributed by atoms with van der Waals surface area (Å²) in [4.78, 5) is 44.4. The molecule has 0 spiro atoms. The first kappa shape index (κ1) is 22.4. The third-order valence-electron chi connectivity index (χ3n) is 6.86. The number of likely N-dealkylation sites (tertiary alicyclic amines) is 1. The Hall–Kier alpha value is -3.42. The van der Waals surface area contributed by atoms with Crippen LogP contribution in [-0.2, 0) is 4.79 Å². The molecule has 0 aromatic heterocycles. The van der Waals surface area contributed by atoms with Crippen molar-refractivity contribution < 1.29 is 18.8 Å². The van der Waals surface area contributed by atoms with Crippen LogP contribution in [0.25, 0.3) is 0 Å². The van der Waals surface area contributed by atoms with E-state index in [0.717, 1.165) is 31.4 Å². The van der Waals surface area contributed by atoms with Gasteiger partial charge in [0.15, 0.2) is 0 Å². The Labute approximate surface area is 198 Å². The van der Waals surface area contributed by atoms with E-state index < -0.39 is 11.7 Å². The van der Waals surface area contributed by atoms with Crippen molar-refractivity contribution in [1.82, 2.24) is 9.80 Å². The Bertz CT molecular complexity index is 1100. The van der Waals surface area contributed by atoms with Crippen molar-refractivity contribution in [3.63, 3.8) is 0 Å². The van der Waals surface area contributed by atoms with Crippen molar-refractivity contribution >= 4 is 29.1 Å². The molecule has 3 fully saturated rings. The minimum Gasteiger partial charge on any atom is -0.367 e. The largest absolute Gasteiger partial charge is 0.367 e. The van der Waals surface area contributed by atoms with Gasteiger partial charge in [0, 0.05) is 56.6 Å². The van der Waals surface area contributed by atoms with Crippen LogP contribution in [0.4, 0.5) is 15.8 Å². The lowest BCUT2D eigenvalue weighted by Crippen LogP contribution is -2.49. The van der Waals surface area contributed by atoms with Crippen LogP contribution >= 0.6 is 0 Å². The van der Waals surface area contributed by atoms with E-state index in [9.17, 15) is 18.8 Å². The molecule has 1 N–H and O–H groups in total. The number of piperazine rings is 1.